The van der Waals surface area contributed by atoms with E-state index in [0.717, 1.165) is 48.6 Å². The molecule has 166 valence electrons. The second-order valence-corrected chi connectivity index (χ2v) is 8.05. The molecule has 6 nitrogen and oxygen atoms in total. The molecule has 0 bridgehead atoms. The average Bonchev–Trinajstić information content (AvgIpc) is 3.47. The predicted octanol–water partition coefficient (Wildman–Crippen LogP) is 5.99. The molecule has 0 saturated heterocycles. The van der Waals surface area contributed by atoms with Gasteiger partial charge in [0.25, 0.3) is 0 Å². The Hall–Kier alpha value is -4.06. The maximum absolute atomic E-state index is 11.9. The summed E-state index contributed by atoms with van der Waals surface area (Å²) in [5.74, 6) is 1.42. The molecule has 0 unspecified atom stereocenters. The molecule has 1 aliphatic heterocycles. The van der Waals surface area contributed by atoms with Crippen molar-refractivity contribution in [3.63, 3.8) is 0 Å². The maximum atomic E-state index is 11.9. The van der Waals surface area contributed by atoms with Crippen LogP contribution in [0, 0.1) is 0 Å². The highest BCUT2D eigenvalue weighted by molar-refractivity contribution is 6.05. The first-order valence-corrected chi connectivity index (χ1v) is 10.9. The van der Waals surface area contributed by atoms with Gasteiger partial charge in [0.2, 0.25) is 0 Å². The van der Waals surface area contributed by atoms with Crippen molar-refractivity contribution in [2.75, 3.05) is 13.2 Å². The lowest BCUT2D eigenvalue weighted by molar-refractivity contribution is 0.112. The lowest BCUT2D eigenvalue weighted by Crippen LogP contribution is -2.04. The Bertz CT molecular complexity index is 1350. The zero-order valence-electron chi connectivity index (χ0n) is 18.0. The topological polar surface area (TPSA) is 92.3 Å². The van der Waals surface area contributed by atoms with Crippen molar-refractivity contribution >= 4 is 23.0 Å². The highest BCUT2D eigenvalue weighted by Gasteiger charge is 2.21. The number of furan rings is 1. The van der Waals surface area contributed by atoms with Gasteiger partial charge < -0.3 is 19.4 Å². The number of carbonyl (C=O) groups is 1. The van der Waals surface area contributed by atoms with Gasteiger partial charge in [0.1, 0.15) is 28.6 Å². The number of rotatable bonds is 7. The minimum Gasteiger partial charge on any atom is -0.508 e. The number of benzene rings is 3. The largest absolute Gasteiger partial charge is 0.508 e. The smallest absolute Gasteiger partial charge is 0.150 e. The molecule has 0 aliphatic carbocycles. The van der Waals surface area contributed by atoms with E-state index in [1.807, 2.05) is 6.07 Å². The van der Waals surface area contributed by atoms with Gasteiger partial charge in [-0.25, -0.2) is 0 Å². The number of aliphatic imine (C=N–C) groups is 1. The van der Waals surface area contributed by atoms with Crippen LogP contribution in [0.15, 0.2) is 70.1 Å². The zero-order valence-corrected chi connectivity index (χ0v) is 18.0. The molecule has 6 heteroatoms. The summed E-state index contributed by atoms with van der Waals surface area (Å²) >= 11 is 0. The number of phenols is 2. The van der Waals surface area contributed by atoms with E-state index in [1.165, 1.54) is 5.71 Å². The van der Waals surface area contributed by atoms with E-state index in [9.17, 15) is 15.0 Å². The summed E-state index contributed by atoms with van der Waals surface area (Å²) in [7, 11) is 0. The molecule has 2 N–H and O–H groups in total. The van der Waals surface area contributed by atoms with Gasteiger partial charge in [-0.05, 0) is 67.4 Å². The van der Waals surface area contributed by atoms with Gasteiger partial charge >= 0.3 is 0 Å². The van der Waals surface area contributed by atoms with Gasteiger partial charge in [0, 0.05) is 52.4 Å². The number of hydrogen-bond acceptors (Lipinski definition) is 6. The summed E-state index contributed by atoms with van der Waals surface area (Å²) in [5.41, 5.74) is 4.32. The molecule has 4 aromatic rings. The molecule has 2 heterocycles. The minimum atomic E-state index is 0.0857. The normalized spacial score (nSPS) is 13.3. The number of fused-ring (bicyclic) bond motifs is 1. The van der Waals surface area contributed by atoms with Gasteiger partial charge in [0.15, 0.2) is 6.29 Å². The van der Waals surface area contributed by atoms with Crippen LogP contribution in [0.4, 0.5) is 0 Å². The highest BCUT2D eigenvalue weighted by atomic mass is 16.5. The fourth-order valence-electron chi connectivity index (χ4n) is 4.20. The molecular weight excluding hydrogens is 418 g/mol. The Labute approximate surface area is 190 Å². The Morgan fingerprint density at radius 2 is 1.82 bits per heavy atom. The fourth-order valence-corrected chi connectivity index (χ4v) is 4.20. The van der Waals surface area contributed by atoms with E-state index >= 15 is 0 Å². The lowest BCUT2D eigenvalue weighted by atomic mass is 9.94. The molecule has 1 aliphatic rings. The number of phenolic OH excluding ortho intramolecular Hbond substituents is 2. The van der Waals surface area contributed by atoms with Crippen molar-refractivity contribution in [1.82, 2.24) is 0 Å². The highest BCUT2D eigenvalue weighted by Crippen LogP contribution is 2.43. The molecule has 0 radical (unpaired) electrons. The third-order valence-corrected chi connectivity index (χ3v) is 5.84. The van der Waals surface area contributed by atoms with Crippen LogP contribution in [0.1, 0.15) is 29.6 Å². The van der Waals surface area contributed by atoms with E-state index in [1.54, 1.807) is 54.6 Å². The number of aldehydes is 1. The van der Waals surface area contributed by atoms with Crippen LogP contribution in [-0.2, 0) is 0 Å². The molecule has 0 atom stereocenters. The summed E-state index contributed by atoms with van der Waals surface area (Å²) in [5, 5.41) is 20.4. The van der Waals surface area contributed by atoms with Crippen LogP contribution in [0.5, 0.6) is 17.2 Å². The quantitative estimate of drug-likeness (QED) is 0.344. The summed E-state index contributed by atoms with van der Waals surface area (Å²) in [6.45, 7) is 1.42. The van der Waals surface area contributed by atoms with Crippen LogP contribution in [-0.4, -0.2) is 35.4 Å². The van der Waals surface area contributed by atoms with Crippen LogP contribution in [0.3, 0.4) is 0 Å². The Morgan fingerprint density at radius 3 is 2.58 bits per heavy atom. The van der Waals surface area contributed by atoms with Gasteiger partial charge in [-0.3, -0.25) is 9.79 Å². The molecule has 0 amide bonds. The number of nitrogens with zero attached hydrogens (tertiary/aromatic N) is 1. The van der Waals surface area contributed by atoms with E-state index in [0.29, 0.717) is 34.8 Å². The Balaban J connectivity index is 1.60. The second-order valence-electron chi connectivity index (χ2n) is 8.05. The minimum absolute atomic E-state index is 0.0857. The predicted molar refractivity (Wildman–Crippen MR) is 127 cm³/mol. The molecule has 33 heavy (non-hydrogen) atoms. The number of carbonyl (C=O) groups excluding carboxylic acids is 1. The van der Waals surface area contributed by atoms with Crippen molar-refractivity contribution < 1.29 is 24.2 Å². The van der Waals surface area contributed by atoms with E-state index in [4.69, 9.17) is 9.15 Å². The van der Waals surface area contributed by atoms with Crippen molar-refractivity contribution in [3.05, 3.63) is 66.2 Å². The average molecular weight is 441 g/mol. The van der Waals surface area contributed by atoms with Crippen molar-refractivity contribution in [2.24, 2.45) is 4.99 Å². The van der Waals surface area contributed by atoms with Crippen LogP contribution < -0.4 is 4.74 Å². The number of hydrogen-bond donors (Lipinski definition) is 2. The Morgan fingerprint density at radius 1 is 1.00 bits per heavy atom. The summed E-state index contributed by atoms with van der Waals surface area (Å²) in [6, 6.07) is 16.9. The van der Waals surface area contributed by atoms with E-state index in [2.05, 4.69) is 4.99 Å². The first-order valence-electron chi connectivity index (χ1n) is 10.9. The van der Waals surface area contributed by atoms with E-state index < -0.39 is 0 Å². The van der Waals surface area contributed by atoms with Crippen molar-refractivity contribution in [2.45, 2.75) is 19.3 Å². The number of aromatic hydroxyl groups is 2. The SMILES string of the molecule is O=Cc1ccc(OCCC2=NCCC2)cc1-c1c(-c2ccc(O)cc2)oc2cc(O)ccc12. The monoisotopic (exact) mass is 441 g/mol. The van der Waals surface area contributed by atoms with Gasteiger partial charge in [-0.15, -0.1) is 0 Å². The van der Waals surface area contributed by atoms with Crippen molar-refractivity contribution in [3.8, 4) is 39.7 Å². The molecular formula is C27H23NO5. The lowest BCUT2D eigenvalue weighted by Gasteiger charge is -2.11. The molecule has 5 rings (SSSR count). The molecule has 3 aromatic carbocycles. The van der Waals surface area contributed by atoms with Crippen LogP contribution in [0.25, 0.3) is 33.4 Å². The maximum Gasteiger partial charge on any atom is 0.150 e. The first-order chi connectivity index (χ1) is 16.1. The van der Waals surface area contributed by atoms with Gasteiger partial charge in [-0.1, -0.05) is 0 Å². The summed E-state index contributed by atoms with van der Waals surface area (Å²) in [6.07, 6.45) is 3.74. The van der Waals surface area contributed by atoms with Crippen molar-refractivity contribution in [1.29, 1.82) is 0 Å². The van der Waals surface area contributed by atoms with Crippen LogP contribution >= 0.6 is 0 Å². The number of ether oxygens (including phenoxy) is 1. The summed E-state index contributed by atoms with van der Waals surface area (Å²) < 4.78 is 12.1. The Kier molecular flexibility index (Phi) is 5.57. The fraction of sp³-hybridized carbons (Fsp3) is 0.185. The molecule has 0 spiro atoms. The summed E-state index contributed by atoms with van der Waals surface area (Å²) in [4.78, 5) is 16.4. The van der Waals surface area contributed by atoms with Gasteiger partial charge in [0.05, 0.1) is 6.61 Å². The van der Waals surface area contributed by atoms with Gasteiger partial charge in [-0.2, -0.15) is 0 Å². The standard InChI is InChI=1S/C27H23NO5/c29-16-18-5-9-22(32-13-11-19-2-1-12-28-19)15-24(18)26-23-10-8-21(31)14-25(23)33-27(26)17-3-6-20(30)7-4-17/h3-10,14-16,30-31H,1-2,11-13H2. The third kappa shape index (κ3) is 4.20. The molecule has 0 saturated carbocycles. The van der Waals surface area contributed by atoms with E-state index in [-0.39, 0.29) is 11.5 Å². The molecule has 1 aromatic heterocycles. The third-order valence-electron chi connectivity index (χ3n) is 5.84. The van der Waals surface area contributed by atoms with Crippen LogP contribution in [0.2, 0.25) is 0 Å². The molecule has 0 fully saturated rings. The zero-order chi connectivity index (χ0) is 22.8. The second kappa shape index (κ2) is 8.82. The first kappa shape index (κ1) is 20.8.